The molecule has 8 atom stereocenters. The highest BCUT2D eigenvalue weighted by atomic mass is 16.6. The van der Waals surface area contributed by atoms with E-state index in [9.17, 15) is 24.3 Å². The number of carbonyl (C=O) groups is 4. The fraction of sp³-hybridized carbons (Fsp3) is 0.659. The predicted molar refractivity (Wildman–Crippen MR) is 190 cm³/mol. The highest BCUT2D eigenvalue weighted by Gasteiger charge is 2.84. The number of aliphatic hydroxyl groups is 1. The van der Waals surface area contributed by atoms with E-state index in [2.05, 4.69) is 6.92 Å². The number of unbranched alkanes of at least 4 members (excludes halogenated alkanes) is 8. The molecule has 2 saturated carbocycles. The molecule has 1 saturated heterocycles. The van der Waals surface area contributed by atoms with Crippen molar-refractivity contribution in [1.29, 1.82) is 0 Å². The lowest BCUT2D eigenvalue weighted by molar-refractivity contribution is -0.343. The molecule has 2 aliphatic carbocycles. The Morgan fingerprint density at radius 3 is 2.06 bits per heavy atom. The summed E-state index contributed by atoms with van der Waals surface area (Å²) in [5, 5.41) is 12.7. The molecule has 1 aromatic heterocycles. The van der Waals surface area contributed by atoms with Crippen molar-refractivity contribution in [3.05, 3.63) is 60.1 Å². The molecule has 11 heteroatoms. The van der Waals surface area contributed by atoms with E-state index in [0.717, 1.165) is 19.3 Å². The molecule has 3 fully saturated rings. The highest BCUT2D eigenvalue weighted by Crippen LogP contribution is 2.69. The first kappa shape index (κ1) is 39.5. The van der Waals surface area contributed by atoms with Gasteiger partial charge in [0.1, 0.15) is 23.9 Å². The van der Waals surface area contributed by atoms with Gasteiger partial charge in [-0.05, 0) is 64.8 Å². The third-order valence-corrected chi connectivity index (χ3v) is 11.6. The first-order chi connectivity index (χ1) is 24.7. The van der Waals surface area contributed by atoms with Gasteiger partial charge >= 0.3 is 23.9 Å². The summed E-state index contributed by atoms with van der Waals surface area (Å²) in [6.45, 7) is 10.4. The molecule has 2 heterocycles. The Morgan fingerprint density at radius 1 is 0.788 bits per heavy atom. The second-order valence-electron chi connectivity index (χ2n) is 15.7. The van der Waals surface area contributed by atoms with Gasteiger partial charge < -0.3 is 33.2 Å². The molecule has 0 amide bonds. The fourth-order valence-electron chi connectivity index (χ4n) is 9.12. The Hall–Kier alpha value is -3.70. The zero-order valence-corrected chi connectivity index (χ0v) is 31.5. The molecule has 2 aromatic rings. The Kier molecular flexibility index (Phi) is 12.3. The summed E-state index contributed by atoms with van der Waals surface area (Å²) < 4.78 is 37.0. The van der Waals surface area contributed by atoms with Gasteiger partial charge in [-0.25, -0.2) is 9.59 Å². The van der Waals surface area contributed by atoms with E-state index in [1.54, 1.807) is 50.2 Å². The van der Waals surface area contributed by atoms with Gasteiger partial charge in [0.05, 0.1) is 28.4 Å². The van der Waals surface area contributed by atoms with Crippen LogP contribution in [0.1, 0.15) is 140 Å². The average Bonchev–Trinajstić information content (AvgIpc) is 3.69. The predicted octanol–water partition coefficient (Wildman–Crippen LogP) is 7.52. The average molecular weight is 725 g/mol. The molecule has 1 aromatic carbocycles. The number of furan rings is 1. The van der Waals surface area contributed by atoms with Crippen molar-refractivity contribution in [3.63, 3.8) is 0 Å². The lowest BCUT2D eigenvalue weighted by atomic mass is 9.47. The van der Waals surface area contributed by atoms with Crippen LogP contribution < -0.4 is 0 Å². The second-order valence-corrected chi connectivity index (χ2v) is 15.7. The standard InChI is InChI=1S/C41H56O11/c1-7-8-9-10-11-12-13-14-18-23-33(43)51-34-29-25-32(50-37(45)30-22-19-24-47-30)40(6)35(48-27(2)42)31(49-36(44)28-20-16-15-17-21-28)26-39(5,46)41(34,40)52-38(29,3)4/h15-17,19-22,24,29,31-32,34-35,46H,7-14,18,23,25-26H2,1-6H3/t29-,31+,32+,34-,35+,39+,40-,41+/m1/s1. The minimum Gasteiger partial charge on any atom is -0.459 e. The van der Waals surface area contributed by atoms with Gasteiger partial charge in [0, 0.05) is 25.7 Å². The van der Waals surface area contributed by atoms with E-state index in [1.807, 2.05) is 13.8 Å². The summed E-state index contributed by atoms with van der Waals surface area (Å²) in [7, 11) is 0. The lowest BCUT2D eigenvalue weighted by Gasteiger charge is -2.65. The summed E-state index contributed by atoms with van der Waals surface area (Å²) in [4.78, 5) is 53.6. The smallest absolute Gasteiger partial charge is 0.374 e. The molecule has 286 valence electrons. The van der Waals surface area contributed by atoms with Crippen LogP contribution in [0.25, 0.3) is 0 Å². The second kappa shape index (κ2) is 16.1. The molecule has 2 bridgehead atoms. The van der Waals surface area contributed by atoms with Crippen LogP contribution in [0.4, 0.5) is 0 Å². The van der Waals surface area contributed by atoms with E-state index in [4.69, 9.17) is 28.1 Å². The van der Waals surface area contributed by atoms with Gasteiger partial charge in [-0.15, -0.1) is 0 Å². The number of carbonyl (C=O) groups excluding carboxylic acids is 4. The highest BCUT2D eigenvalue weighted by molar-refractivity contribution is 5.89. The van der Waals surface area contributed by atoms with Crippen molar-refractivity contribution in [1.82, 2.24) is 0 Å². The topological polar surface area (TPSA) is 148 Å². The Labute approximate surface area is 307 Å². The first-order valence-electron chi connectivity index (χ1n) is 19.0. The Morgan fingerprint density at radius 2 is 1.44 bits per heavy atom. The van der Waals surface area contributed by atoms with E-state index < -0.39 is 76.4 Å². The molecule has 0 radical (unpaired) electrons. The molecule has 1 N–H and O–H groups in total. The van der Waals surface area contributed by atoms with Crippen molar-refractivity contribution in [2.45, 2.75) is 160 Å². The summed E-state index contributed by atoms with van der Waals surface area (Å²) in [5.74, 6) is -3.14. The molecule has 1 spiro atoms. The van der Waals surface area contributed by atoms with Crippen molar-refractivity contribution in [3.8, 4) is 0 Å². The zero-order valence-electron chi connectivity index (χ0n) is 31.5. The normalized spacial score (nSPS) is 31.6. The minimum atomic E-state index is -1.86. The van der Waals surface area contributed by atoms with Crippen molar-refractivity contribution in [2.24, 2.45) is 11.3 Å². The molecular formula is C41H56O11. The number of rotatable bonds is 16. The molecular weight excluding hydrogens is 668 g/mol. The van der Waals surface area contributed by atoms with Gasteiger partial charge in [0.15, 0.2) is 6.10 Å². The van der Waals surface area contributed by atoms with Gasteiger partial charge in [-0.3, -0.25) is 9.59 Å². The van der Waals surface area contributed by atoms with Crippen LogP contribution in [-0.2, 0) is 33.3 Å². The minimum absolute atomic E-state index is 0.0432. The first-order valence-corrected chi connectivity index (χ1v) is 19.0. The number of hydrogen-bond acceptors (Lipinski definition) is 11. The van der Waals surface area contributed by atoms with Crippen molar-refractivity contribution >= 4 is 23.9 Å². The van der Waals surface area contributed by atoms with E-state index >= 15 is 0 Å². The molecule has 52 heavy (non-hydrogen) atoms. The van der Waals surface area contributed by atoms with Crippen LogP contribution in [0.15, 0.2) is 53.1 Å². The largest absolute Gasteiger partial charge is 0.459 e. The van der Waals surface area contributed by atoms with E-state index in [0.29, 0.717) is 6.42 Å². The van der Waals surface area contributed by atoms with Crippen LogP contribution in [0.5, 0.6) is 0 Å². The molecule has 1 aliphatic heterocycles. The monoisotopic (exact) mass is 724 g/mol. The zero-order chi connectivity index (χ0) is 37.7. The summed E-state index contributed by atoms with van der Waals surface area (Å²) in [5.41, 5.74) is -5.97. The number of fused-ring (bicyclic) bond motifs is 1. The van der Waals surface area contributed by atoms with Crippen LogP contribution >= 0.6 is 0 Å². The van der Waals surface area contributed by atoms with Crippen LogP contribution in [0, 0.1) is 11.3 Å². The summed E-state index contributed by atoms with van der Waals surface area (Å²) in [6, 6.07) is 11.4. The van der Waals surface area contributed by atoms with Gasteiger partial charge in [-0.1, -0.05) is 76.5 Å². The molecule has 5 rings (SSSR count). The van der Waals surface area contributed by atoms with Crippen LogP contribution in [-0.4, -0.2) is 70.2 Å². The van der Waals surface area contributed by atoms with Gasteiger partial charge in [0.25, 0.3) is 0 Å². The third-order valence-electron chi connectivity index (χ3n) is 11.6. The van der Waals surface area contributed by atoms with Crippen LogP contribution in [0.2, 0.25) is 0 Å². The number of ether oxygens (including phenoxy) is 5. The van der Waals surface area contributed by atoms with Gasteiger partial charge in [0.2, 0.25) is 5.76 Å². The fourth-order valence-corrected chi connectivity index (χ4v) is 9.12. The maximum absolute atomic E-state index is 13.7. The Bertz CT molecular complexity index is 1530. The molecule has 0 unspecified atom stereocenters. The van der Waals surface area contributed by atoms with E-state index in [-0.39, 0.29) is 30.6 Å². The number of esters is 4. The SMILES string of the molecule is CCCCCCCCCCCC(=O)O[C@@H]1[C@H]2C[C@H](OC(=O)c3ccco3)[C@]3(C)[C@@H](OC(C)=O)[C@@H](OC(=O)c4ccccc4)C[C@](C)(O)[C@@]13OC2(C)C. The van der Waals surface area contributed by atoms with E-state index in [1.165, 1.54) is 51.4 Å². The van der Waals surface area contributed by atoms with Gasteiger partial charge in [-0.2, -0.15) is 0 Å². The van der Waals surface area contributed by atoms with Crippen molar-refractivity contribution in [2.75, 3.05) is 0 Å². The Balaban J connectivity index is 1.48. The van der Waals surface area contributed by atoms with Crippen LogP contribution in [0.3, 0.4) is 0 Å². The summed E-state index contributed by atoms with van der Waals surface area (Å²) >= 11 is 0. The maximum atomic E-state index is 13.7. The van der Waals surface area contributed by atoms with Crippen molar-refractivity contribution < 1.29 is 52.4 Å². The number of benzene rings is 1. The summed E-state index contributed by atoms with van der Waals surface area (Å²) in [6.07, 6.45) is 6.73. The molecule has 11 nitrogen and oxygen atoms in total. The quantitative estimate of drug-likeness (QED) is 0.104. The molecule has 3 aliphatic rings. The maximum Gasteiger partial charge on any atom is 0.374 e. The number of hydrogen-bond donors (Lipinski definition) is 1. The lowest BCUT2D eigenvalue weighted by Crippen LogP contribution is -2.81. The third kappa shape index (κ3) is 7.67.